The van der Waals surface area contributed by atoms with Crippen LogP contribution in [-0.2, 0) is 4.79 Å². The van der Waals surface area contributed by atoms with Crippen LogP contribution in [0.25, 0.3) is 0 Å². The molecular formula is C11H15NO4S. The van der Waals surface area contributed by atoms with Gasteiger partial charge in [0.2, 0.25) is 0 Å². The fourth-order valence-electron chi connectivity index (χ4n) is 1.31. The topological polar surface area (TPSA) is 90.7 Å². The fourth-order valence-corrected chi connectivity index (χ4v) is 1.96. The molecule has 1 heterocycles. The van der Waals surface area contributed by atoms with Gasteiger partial charge in [-0.05, 0) is 12.5 Å². The number of hydrogen-bond acceptors (Lipinski definition) is 6. The van der Waals surface area contributed by atoms with Gasteiger partial charge in [-0.25, -0.2) is 0 Å². The van der Waals surface area contributed by atoms with Crippen molar-refractivity contribution in [2.45, 2.75) is 25.6 Å². The van der Waals surface area contributed by atoms with Crippen LogP contribution >= 0.6 is 11.8 Å². The third-order valence-corrected chi connectivity index (χ3v) is 3.02. The molecule has 0 saturated carbocycles. The normalized spacial score (nSPS) is 14.3. The van der Waals surface area contributed by atoms with Crippen LogP contribution in [0.1, 0.15) is 25.0 Å². The first-order valence-corrected chi connectivity index (χ1v) is 6.12. The first-order valence-electron chi connectivity index (χ1n) is 5.14. The molecule has 2 atom stereocenters. The van der Waals surface area contributed by atoms with Crippen LogP contribution in [0.15, 0.2) is 18.5 Å². The maximum absolute atomic E-state index is 10.7. The zero-order chi connectivity index (χ0) is 12.8. The van der Waals surface area contributed by atoms with Gasteiger partial charge in [-0.2, -0.15) is 0 Å². The molecule has 0 radical (unpaired) electrons. The third kappa shape index (κ3) is 4.72. The lowest BCUT2D eigenvalue weighted by Crippen LogP contribution is -2.19. The van der Waals surface area contributed by atoms with E-state index in [1.807, 2.05) is 0 Å². The maximum Gasteiger partial charge on any atom is 0.185 e. The number of aromatic nitrogens is 1. The molecule has 1 rings (SSSR count). The molecule has 6 heteroatoms. The Morgan fingerprint density at radius 3 is 2.76 bits per heavy atom. The summed E-state index contributed by atoms with van der Waals surface area (Å²) in [4.78, 5) is 14.4. The first-order chi connectivity index (χ1) is 8.00. The summed E-state index contributed by atoms with van der Waals surface area (Å²) in [7, 11) is 0. The summed E-state index contributed by atoms with van der Waals surface area (Å²) >= 11 is 1.10. The van der Waals surface area contributed by atoms with Gasteiger partial charge in [0, 0.05) is 24.4 Å². The number of pyridine rings is 1. The molecule has 0 aliphatic rings. The van der Waals surface area contributed by atoms with E-state index in [1.165, 1.54) is 25.4 Å². The third-order valence-electron chi connectivity index (χ3n) is 2.17. The fraction of sp³-hybridized carbons (Fsp3) is 0.455. The van der Waals surface area contributed by atoms with Crippen molar-refractivity contribution in [3.05, 3.63) is 24.0 Å². The van der Waals surface area contributed by atoms with Gasteiger partial charge in [-0.1, -0.05) is 11.8 Å². The maximum atomic E-state index is 10.7. The minimum absolute atomic E-state index is 0.0225. The van der Waals surface area contributed by atoms with Crippen molar-refractivity contribution in [3.63, 3.8) is 0 Å². The Kier molecular flexibility index (Phi) is 5.40. The summed E-state index contributed by atoms with van der Waals surface area (Å²) in [6, 6.07) is 1.35. The predicted molar refractivity (Wildman–Crippen MR) is 64.6 cm³/mol. The van der Waals surface area contributed by atoms with Gasteiger partial charge in [0.25, 0.3) is 0 Å². The summed E-state index contributed by atoms with van der Waals surface area (Å²) in [6.07, 6.45) is 0.827. The highest BCUT2D eigenvalue weighted by molar-refractivity contribution is 8.13. The molecular weight excluding hydrogens is 242 g/mol. The molecule has 3 N–H and O–H groups in total. The van der Waals surface area contributed by atoms with Crippen LogP contribution in [-0.4, -0.2) is 37.3 Å². The molecule has 0 aliphatic carbocycles. The molecule has 0 amide bonds. The van der Waals surface area contributed by atoms with Crippen LogP contribution in [0, 0.1) is 0 Å². The van der Waals surface area contributed by atoms with E-state index in [0.29, 0.717) is 17.7 Å². The number of rotatable bonds is 5. The van der Waals surface area contributed by atoms with Crippen molar-refractivity contribution in [3.8, 4) is 5.75 Å². The highest BCUT2D eigenvalue weighted by Gasteiger charge is 2.19. The van der Waals surface area contributed by atoms with Crippen LogP contribution in [0.2, 0.25) is 0 Å². The quantitative estimate of drug-likeness (QED) is 0.724. The van der Waals surface area contributed by atoms with E-state index >= 15 is 0 Å². The summed E-state index contributed by atoms with van der Waals surface area (Å²) in [5.74, 6) is 0.381. The van der Waals surface area contributed by atoms with Gasteiger partial charge in [-0.15, -0.1) is 0 Å². The molecule has 0 fully saturated rings. The average Bonchev–Trinajstić information content (AvgIpc) is 2.27. The molecule has 0 aliphatic heterocycles. The van der Waals surface area contributed by atoms with E-state index in [9.17, 15) is 20.1 Å². The van der Waals surface area contributed by atoms with E-state index in [2.05, 4.69) is 4.98 Å². The molecule has 2 unspecified atom stereocenters. The SMILES string of the molecule is CC(=O)SCCC(O)C(O)c1cncc(O)c1. The van der Waals surface area contributed by atoms with Gasteiger partial charge in [0.05, 0.1) is 12.3 Å². The molecule has 0 aromatic carbocycles. The van der Waals surface area contributed by atoms with Gasteiger partial charge in [0.15, 0.2) is 5.12 Å². The minimum atomic E-state index is -1.11. The Balaban J connectivity index is 2.51. The molecule has 1 aromatic rings. The van der Waals surface area contributed by atoms with E-state index < -0.39 is 12.2 Å². The molecule has 0 saturated heterocycles. The van der Waals surface area contributed by atoms with Gasteiger partial charge in [0.1, 0.15) is 11.9 Å². The zero-order valence-corrected chi connectivity index (χ0v) is 10.2. The lowest BCUT2D eigenvalue weighted by molar-refractivity contribution is -0.109. The first kappa shape index (κ1) is 14.0. The lowest BCUT2D eigenvalue weighted by atomic mass is 10.0. The highest BCUT2D eigenvalue weighted by Crippen LogP contribution is 2.22. The highest BCUT2D eigenvalue weighted by atomic mass is 32.2. The molecule has 0 spiro atoms. The van der Waals surface area contributed by atoms with Gasteiger partial charge in [-0.3, -0.25) is 9.78 Å². The summed E-state index contributed by atoms with van der Waals surface area (Å²) in [6.45, 7) is 1.45. The standard InChI is InChI=1S/C11H15NO4S/c1-7(13)17-3-2-10(15)11(16)8-4-9(14)6-12-5-8/h4-6,10-11,14-16H,2-3H2,1H3. The summed E-state index contributed by atoms with van der Waals surface area (Å²) < 4.78 is 0. The largest absolute Gasteiger partial charge is 0.506 e. The second-order valence-corrected chi connectivity index (χ2v) is 4.89. The van der Waals surface area contributed by atoms with Crippen LogP contribution in [0.3, 0.4) is 0 Å². The molecule has 1 aromatic heterocycles. The summed E-state index contributed by atoms with van der Waals surface area (Å²) in [5.41, 5.74) is 0.352. The van der Waals surface area contributed by atoms with Gasteiger partial charge < -0.3 is 15.3 Å². The molecule has 0 bridgehead atoms. The number of aromatic hydroxyl groups is 1. The number of aliphatic hydroxyl groups is 2. The number of carbonyl (C=O) groups excluding carboxylic acids is 1. The number of nitrogens with zero attached hydrogens (tertiary/aromatic N) is 1. The van der Waals surface area contributed by atoms with Crippen molar-refractivity contribution >= 4 is 16.9 Å². The molecule has 5 nitrogen and oxygen atoms in total. The predicted octanol–water partition coefficient (Wildman–Crippen LogP) is 0.851. The zero-order valence-electron chi connectivity index (χ0n) is 9.41. The molecule has 94 valence electrons. The van der Waals surface area contributed by atoms with Crippen molar-refractivity contribution in [1.82, 2.24) is 4.98 Å². The number of aliphatic hydroxyl groups excluding tert-OH is 2. The second kappa shape index (κ2) is 6.58. The van der Waals surface area contributed by atoms with Crippen molar-refractivity contribution in [1.29, 1.82) is 0 Å². The lowest BCUT2D eigenvalue weighted by Gasteiger charge is -2.17. The van der Waals surface area contributed by atoms with Crippen molar-refractivity contribution < 1.29 is 20.1 Å². The number of carbonyl (C=O) groups is 1. The van der Waals surface area contributed by atoms with E-state index in [-0.39, 0.29) is 10.9 Å². The van der Waals surface area contributed by atoms with E-state index in [1.54, 1.807) is 0 Å². The second-order valence-electron chi connectivity index (χ2n) is 3.62. The van der Waals surface area contributed by atoms with Crippen LogP contribution in [0.5, 0.6) is 5.75 Å². The average molecular weight is 257 g/mol. The van der Waals surface area contributed by atoms with Crippen molar-refractivity contribution in [2.75, 3.05) is 5.75 Å². The Bertz CT molecular complexity index is 385. The van der Waals surface area contributed by atoms with Gasteiger partial charge >= 0.3 is 0 Å². The Morgan fingerprint density at radius 2 is 2.18 bits per heavy atom. The van der Waals surface area contributed by atoms with Crippen molar-refractivity contribution in [2.24, 2.45) is 0 Å². The monoisotopic (exact) mass is 257 g/mol. The van der Waals surface area contributed by atoms with Crippen LogP contribution < -0.4 is 0 Å². The molecule has 17 heavy (non-hydrogen) atoms. The number of hydrogen-bond donors (Lipinski definition) is 3. The minimum Gasteiger partial charge on any atom is -0.506 e. The summed E-state index contributed by atoms with van der Waals surface area (Å²) in [5, 5.41) is 28.6. The Morgan fingerprint density at radius 1 is 1.47 bits per heavy atom. The van der Waals surface area contributed by atoms with Crippen LogP contribution in [0.4, 0.5) is 0 Å². The Hall–Kier alpha value is -1.11. The van der Waals surface area contributed by atoms with E-state index in [4.69, 9.17) is 0 Å². The van der Waals surface area contributed by atoms with E-state index in [0.717, 1.165) is 11.8 Å². The smallest absolute Gasteiger partial charge is 0.185 e. The number of thioether (sulfide) groups is 1. The Labute approximate surface area is 104 Å².